The molecule has 0 aromatic heterocycles. The quantitative estimate of drug-likeness (QED) is 0.941. The SMILES string of the molecule is N#Cc1cccc(NC(=O)COc2ccc3c(c2)CCCC3)c1. The molecule has 4 nitrogen and oxygen atoms in total. The number of nitrogens with zero attached hydrogens (tertiary/aromatic N) is 1. The molecule has 0 fully saturated rings. The van der Waals surface area contributed by atoms with Gasteiger partial charge in [0, 0.05) is 5.69 Å². The molecule has 2 aromatic carbocycles. The molecule has 1 aliphatic rings. The maximum Gasteiger partial charge on any atom is 0.262 e. The summed E-state index contributed by atoms with van der Waals surface area (Å²) in [7, 11) is 0. The number of ether oxygens (including phenoxy) is 1. The van der Waals surface area contributed by atoms with Gasteiger partial charge in [-0.05, 0) is 67.1 Å². The number of carbonyl (C=O) groups excluding carboxylic acids is 1. The maximum absolute atomic E-state index is 12.0. The van der Waals surface area contributed by atoms with E-state index in [2.05, 4.69) is 11.4 Å². The third-order valence-electron chi connectivity index (χ3n) is 3.97. The van der Waals surface area contributed by atoms with Crippen LogP contribution in [0.2, 0.25) is 0 Å². The summed E-state index contributed by atoms with van der Waals surface area (Å²) in [6.45, 7) is -0.0461. The van der Waals surface area contributed by atoms with Crippen LogP contribution in [0.15, 0.2) is 42.5 Å². The number of anilines is 1. The Morgan fingerprint density at radius 3 is 2.78 bits per heavy atom. The Kier molecular flexibility index (Phi) is 4.58. The molecule has 0 saturated heterocycles. The van der Waals surface area contributed by atoms with Crippen molar-refractivity contribution in [3.05, 3.63) is 59.2 Å². The van der Waals surface area contributed by atoms with E-state index < -0.39 is 0 Å². The highest BCUT2D eigenvalue weighted by Crippen LogP contribution is 2.25. The average Bonchev–Trinajstić information content (AvgIpc) is 2.60. The molecule has 0 spiro atoms. The number of hydrogen-bond acceptors (Lipinski definition) is 3. The van der Waals surface area contributed by atoms with Gasteiger partial charge in [-0.3, -0.25) is 4.79 Å². The first-order chi connectivity index (χ1) is 11.2. The number of nitrogens with one attached hydrogen (secondary N) is 1. The Bertz CT molecular complexity index is 762. The molecule has 1 amide bonds. The Morgan fingerprint density at radius 2 is 1.96 bits per heavy atom. The topological polar surface area (TPSA) is 62.1 Å². The highest BCUT2D eigenvalue weighted by Gasteiger charge is 2.11. The van der Waals surface area contributed by atoms with Gasteiger partial charge in [-0.2, -0.15) is 5.26 Å². The van der Waals surface area contributed by atoms with E-state index >= 15 is 0 Å². The first-order valence-corrected chi connectivity index (χ1v) is 7.79. The van der Waals surface area contributed by atoms with E-state index in [1.54, 1.807) is 24.3 Å². The van der Waals surface area contributed by atoms with Crippen LogP contribution in [0.4, 0.5) is 5.69 Å². The highest BCUT2D eigenvalue weighted by molar-refractivity contribution is 5.92. The first kappa shape index (κ1) is 15.1. The van der Waals surface area contributed by atoms with Crippen molar-refractivity contribution in [2.75, 3.05) is 11.9 Å². The van der Waals surface area contributed by atoms with Gasteiger partial charge in [0.1, 0.15) is 5.75 Å². The zero-order valence-electron chi connectivity index (χ0n) is 12.8. The number of aryl methyl sites for hydroxylation is 2. The van der Waals surface area contributed by atoms with E-state index in [0.29, 0.717) is 11.3 Å². The van der Waals surface area contributed by atoms with E-state index in [1.165, 1.54) is 24.0 Å². The number of fused-ring (bicyclic) bond motifs is 1. The summed E-state index contributed by atoms with van der Waals surface area (Å²) in [6.07, 6.45) is 4.68. The van der Waals surface area contributed by atoms with Crippen LogP contribution >= 0.6 is 0 Å². The number of nitriles is 1. The van der Waals surface area contributed by atoms with Crippen molar-refractivity contribution in [3.8, 4) is 11.8 Å². The van der Waals surface area contributed by atoms with Crippen LogP contribution in [0, 0.1) is 11.3 Å². The van der Waals surface area contributed by atoms with Gasteiger partial charge in [-0.15, -0.1) is 0 Å². The van der Waals surface area contributed by atoms with Gasteiger partial charge in [0.15, 0.2) is 6.61 Å². The number of hydrogen-bond donors (Lipinski definition) is 1. The van der Waals surface area contributed by atoms with Crippen LogP contribution in [0.3, 0.4) is 0 Å². The Balaban J connectivity index is 1.57. The number of rotatable bonds is 4. The Labute approximate surface area is 135 Å². The summed E-state index contributed by atoms with van der Waals surface area (Å²) in [6, 6.07) is 14.9. The van der Waals surface area contributed by atoms with Crippen LogP contribution < -0.4 is 10.1 Å². The molecule has 3 rings (SSSR count). The third-order valence-corrected chi connectivity index (χ3v) is 3.97. The van der Waals surface area contributed by atoms with Crippen LogP contribution in [-0.2, 0) is 17.6 Å². The monoisotopic (exact) mass is 306 g/mol. The summed E-state index contributed by atoms with van der Waals surface area (Å²) in [5.41, 5.74) is 3.83. The van der Waals surface area contributed by atoms with E-state index in [-0.39, 0.29) is 12.5 Å². The second kappa shape index (κ2) is 6.97. The average molecular weight is 306 g/mol. The van der Waals surface area contributed by atoms with Crippen molar-refractivity contribution in [2.24, 2.45) is 0 Å². The molecule has 116 valence electrons. The van der Waals surface area contributed by atoms with Crippen molar-refractivity contribution in [1.29, 1.82) is 5.26 Å². The Morgan fingerprint density at radius 1 is 1.13 bits per heavy atom. The van der Waals surface area contributed by atoms with Crippen molar-refractivity contribution >= 4 is 11.6 Å². The molecule has 0 unspecified atom stereocenters. The molecule has 0 aliphatic heterocycles. The van der Waals surface area contributed by atoms with Gasteiger partial charge in [0.25, 0.3) is 5.91 Å². The molecule has 1 aliphatic carbocycles. The lowest BCUT2D eigenvalue weighted by Gasteiger charge is -2.16. The lowest BCUT2D eigenvalue weighted by atomic mass is 9.92. The van der Waals surface area contributed by atoms with E-state index in [4.69, 9.17) is 10.00 Å². The molecule has 2 aromatic rings. The van der Waals surface area contributed by atoms with Crippen LogP contribution in [0.25, 0.3) is 0 Å². The standard InChI is InChI=1S/C19H18N2O2/c20-12-14-4-3-7-17(10-14)21-19(22)13-23-18-9-8-15-5-1-2-6-16(15)11-18/h3-4,7-11H,1-2,5-6,13H2,(H,21,22). The maximum atomic E-state index is 12.0. The molecule has 0 bridgehead atoms. The molecule has 0 saturated carbocycles. The van der Waals surface area contributed by atoms with Gasteiger partial charge in [0.2, 0.25) is 0 Å². The van der Waals surface area contributed by atoms with Crippen LogP contribution in [0.5, 0.6) is 5.75 Å². The molecule has 4 heteroatoms. The van der Waals surface area contributed by atoms with E-state index in [1.807, 2.05) is 18.2 Å². The summed E-state index contributed by atoms with van der Waals surface area (Å²) < 4.78 is 5.59. The van der Waals surface area contributed by atoms with Crippen LogP contribution in [0.1, 0.15) is 29.5 Å². The fourth-order valence-corrected chi connectivity index (χ4v) is 2.81. The second-order valence-corrected chi connectivity index (χ2v) is 5.67. The first-order valence-electron chi connectivity index (χ1n) is 7.79. The summed E-state index contributed by atoms with van der Waals surface area (Å²) in [4.78, 5) is 12.0. The molecule has 23 heavy (non-hydrogen) atoms. The molecule has 0 radical (unpaired) electrons. The van der Waals surface area contributed by atoms with Crippen molar-refractivity contribution < 1.29 is 9.53 Å². The number of benzene rings is 2. The molecule has 1 N–H and O–H groups in total. The number of amides is 1. The van der Waals surface area contributed by atoms with Gasteiger partial charge in [0.05, 0.1) is 11.6 Å². The molecular formula is C19H18N2O2. The van der Waals surface area contributed by atoms with Gasteiger partial charge in [-0.25, -0.2) is 0 Å². The fraction of sp³-hybridized carbons (Fsp3) is 0.263. The highest BCUT2D eigenvalue weighted by atomic mass is 16.5. The smallest absolute Gasteiger partial charge is 0.262 e. The second-order valence-electron chi connectivity index (χ2n) is 5.67. The third kappa shape index (κ3) is 3.89. The zero-order chi connectivity index (χ0) is 16.1. The minimum absolute atomic E-state index is 0.0461. The minimum Gasteiger partial charge on any atom is -0.484 e. The van der Waals surface area contributed by atoms with E-state index in [9.17, 15) is 4.79 Å². The summed E-state index contributed by atoms with van der Waals surface area (Å²) >= 11 is 0. The van der Waals surface area contributed by atoms with E-state index in [0.717, 1.165) is 18.6 Å². The predicted molar refractivity (Wildman–Crippen MR) is 88.4 cm³/mol. The fourth-order valence-electron chi connectivity index (χ4n) is 2.81. The van der Waals surface area contributed by atoms with Crippen LogP contribution in [-0.4, -0.2) is 12.5 Å². The normalized spacial score (nSPS) is 12.8. The summed E-state index contributed by atoms with van der Waals surface area (Å²) in [5.74, 6) is 0.490. The molecule has 0 heterocycles. The van der Waals surface area contributed by atoms with Gasteiger partial charge in [-0.1, -0.05) is 12.1 Å². The predicted octanol–water partition coefficient (Wildman–Crippen LogP) is 3.45. The Hall–Kier alpha value is -2.80. The largest absolute Gasteiger partial charge is 0.484 e. The van der Waals surface area contributed by atoms with Gasteiger partial charge < -0.3 is 10.1 Å². The lowest BCUT2D eigenvalue weighted by molar-refractivity contribution is -0.118. The zero-order valence-corrected chi connectivity index (χ0v) is 12.8. The summed E-state index contributed by atoms with van der Waals surface area (Å²) in [5, 5.41) is 11.6. The minimum atomic E-state index is -0.238. The molecule has 0 atom stereocenters. The van der Waals surface area contributed by atoms with Crippen molar-refractivity contribution in [2.45, 2.75) is 25.7 Å². The molecular weight excluding hydrogens is 288 g/mol. The van der Waals surface area contributed by atoms with Gasteiger partial charge >= 0.3 is 0 Å². The number of carbonyl (C=O) groups is 1. The van der Waals surface area contributed by atoms with Crippen molar-refractivity contribution in [3.63, 3.8) is 0 Å². The van der Waals surface area contributed by atoms with Crippen molar-refractivity contribution in [1.82, 2.24) is 0 Å². The lowest BCUT2D eigenvalue weighted by Crippen LogP contribution is -2.20.